The molecule has 2 aliphatic carbocycles. The normalized spacial score (nSPS) is 13.2. The van der Waals surface area contributed by atoms with E-state index in [9.17, 15) is 12.9 Å². The molecule has 2 heterocycles. The van der Waals surface area contributed by atoms with Gasteiger partial charge in [0.25, 0.3) is 0 Å². The van der Waals surface area contributed by atoms with Crippen molar-refractivity contribution < 1.29 is 64.3 Å². The third-order valence-corrected chi connectivity index (χ3v) is 3.63. The van der Waals surface area contributed by atoms with Crippen LogP contribution < -0.4 is 62.9 Å². The molecule has 0 aliphatic heterocycles. The summed E-state index contributed by atoms with van der Waals surface area (Å²) < 4.78 is 29.8. The van der Waals surface area contributed by atoms with Crippen LogP contribution in [0.1, 0.15) is 37.2 Å². The standard InChI is InChI=1S/C8H10N2.C5H5BrN2.C3H5.BF3.K/c9-8-7(6-3-4-6)2-1-5-10-8;6-4-2-1-3-8-5(4)7;1-2-3-1;2-1(3)4;/h1-2,5-6H,3-4H2,(H2,9,10);1-3H,(H2,7,8);1H,2-3H2;;/q;;-1;;+1. The van der Waals surface area contributed by atoms with Crippen LogP contribution in [0, 0.1) is 6.42 Å². The summed E-state index contributed by atoms with van der Waals surface area (Å²) in [7, 11) is -3.67. The average molecular weight is 455 g/mol. The molecule has 136 valence electrons. The van der Waals surface area contributed by atoms with Gasteiger partial charge in [-0.1, -0.05) is 6.07 Å². The van der Waals surface area contributed by atoms with E-state index in [1.54, 1.807) is 12.4 Å². The summed E-state index contributed by atoms with van der Waals surface area (Å²) in [6, 6.07) is 7.69. The van der Waals surface area contributed by atoms with E-state index in [0.717, 1.165) is 4.47 Å². The Bertz CT molecular complexity index is 607. The fraction of sp³-hybridized carbons (Fsp3) is 0.312. The van der Waals surface area contributed by atoms with E-state index in [-0.39, 0.29) is 51.4 Å². The molecule has 0 atom stereocenters. The fourth-order valence-corrected chi connectivity index (χ4v) is 1.82. The smallest absolute Gasteiger partial charge is 0.383 e. The summed E-state index contributed by atoms with van der Waals surface area (Å²) in [5.74, 6) is 1.96. The summed E-state index contributed by atoms with van der Waals surface area (Å²) in [6.45, 7) is 0. The molecular weight excluding hydrogens is 435 g/mol. The van der Waals surface area contributed by atoms with Gasteiger partial charge in [0.2, 0.25) is 0 Å². The van der Waals surface area contributed by atoms with Gasteiger partial charge in [-0.2, -0.15) is 0 Å². The second-order valence-corrected chi connectivity index (χ2v) is 6.09. The molecule has 0 bridgehead atoms. The first kappa shape index (κ1) is 25.9. The van der Waals surface area contributed by atoms with E-state index in [0.29, 0.717) is 17.6 Å². The van der Waals surface area contributed by atoms with Gasteiger partial charge in [0.1, 0.15) is 11.6 Å². The van der Waals surface area contributed by atoms with Crippen molar-refractivity contribution in [3.8, 4) is 0 Å². The monoisotopic (exact) mass is 454 g/mol. The Morgan fingerprint density at radius 3 is 1.77 bits per heavy atom. The topological polar surface area (TPSA) is 77.8 Å². The van der Waals surface area contributed by atoms with E-state index in [1.807, 2.05) is 18.2 Å². The molecule has 4 rings (SSSR count). The number of aromatic nitrogens is 2. The van der Waals surface area contributed by atoms with E-state index >= 15 is 0 Å². The van der Waals surface area contributed by atoms with Crippen LogP contribution in [-0.4, -0.2) is 17.5 Å². The Balaban J connectivity index is 0.000000350. The van der Waals surface area contributed by atoms with Crippen LogP contribution in [0.3, 0.4) is 0 Å². The zero-order chi connectivity index (χ0) is 18.7. The van der Waals surface area contributed by atoms with Crippen LogP contribution in [-0.2, 0) is 0 Å². The molecule has 2 saturated carbocycles. The average Bonchev–Trinajstić information content (AvgIpc) is 3.42. The van der Waals surface area contributed by atoms with Crippen molar-refractivity contribution in [3.63, 3.8) is 0 Å². The Morgan fingerprint density at radius 1 is 1.00 bits per heavy atom. The molecule has 26 heavy (non-hydrogen) atoms. The summed E-state index contributed by atoms with van der Waals surface area (Å²) >= 11 is 3.21. The molecule has 2 fully saturated rings. The Labute approximate surface area is 203 Å². The first-order chi connectivity index (χ1) is 11.9. The molecule has 0 amide bonds. The Morgan fingerprint density at radius 2 is 1.46 bits per heavy atom. The number of nitrogen functional groups attached to an aromatic ring is 2. The zero-order valence-electron chi connectivity index (χ0n) is 14.6. The third-order valence-electron chi connectivity index (χ3n) is 2.96. The van der Waals surface area contributed by atoms with Gasteiger partial charge in [0.15, 0.2) is 0 Å². The maximum Gasteiger partial charge on any atom is 1.00 e. The molecule has 2 aliphatic rings. The number of anilines is 2. The molecule has 10 heteroatoms. The maximum atomic E-state index is 9.67. The zero-order valence-corrected chi connectivity index (χ0v) is 19.3. The van der Waals surface area contributed by atoms with E-state index in [4.69, 9.17) is 11.5 Å². The van der Waals surface area contributed by atoms with Gasteiger partial charge in [0.05, 0.1) is 4.47 Å². The summed E-state index contributed by atoms with van der Waals surface area (Å²) in [5, 5.41) is 0. The second kappa shape index (κ2) is 14.9. The molecule has 4 nitrogen and oxygen atoms in total. The molecule has 2 aromatic rings. The molecule has 0 radical (unpaired) electrons. The van der Waals surface area contributed by atoms with Crippen LogP contribution in [0.5, 0.6) is 0 Å². The van der Waals surface area contributed by atoms with Crippen LogP contribution in [0.2, 0.25) is 0 Å². The number of nitrogens with two attached hydrogens (primary N) is 2. The van der Waals surface area contributed by atoms with Crippen LogP contribution >= 0.6 is 15.9 Å². The minimum absolute atomic E-state index is 0. The predicted molar refractivity (Wildman–Crippen MR) is 99.6 cm³/mol. The first-order valence-electron chi connectivity index (χ1n) is 7.72. The van der Waals surface area contributed by atoms with Gasteiger partial charge in [-0.05, 0) is 58.5 Å². The fourth-order valence-electron chi connectivity index (χ4n) is 1.57. The number of hydrogen-bond donors (Lipinski definition) is 2. The number of hydrogen-bond acceptors (Lipinski definition) is 4. The minimum atomic E-state index is -3.67. The molecular formula is C16H20BBrF3KN4. The van der Waals surface area contributed by atoms with Gasteiger partial charge in [0, 0.05) is 12.4 Å². The van der Waals surface area contributed by atoms with Crippen molar-refractivity contribution in [3.05, 3.63) is 53.1 Å². The Kier molecular flexibility index (Phi) is 14.8. The molecule has 0 spiro atoms. The molecule has 0 unspecified atom stereocenters. The molecule has 2 aromatic heterocycles. The minimum Gasteiger partial charge on any atom is -0.383 e. The number of pyridine rings is 2. The summed E-state index contributed by atoms with van der Waals surface area (Å²) in [6.07, 6.45) is 11.0. The van der Waals surface area contributed by atoms with E-state index in [2.05, 4.69) is 38.4 Å². The van der Waals surface area contributed by atoms with Crippen molar-refractivity contribution >= 4 is 35.1 Å². The van der Waals surface area contributed by atoms with Crippen molar-refractivity contribution in [1.82, 2.24) is 9.97 Å². The van der Waals surface area contributed by atoms with E-state index in [1.165, 1.54) is 31.2 Å². The van der Waals surface area contributed by atoms with Crippen LogP contribution in [0.4, 0.5) is 24.6 Å². The SMILES string of the molecule is FB(F)F.Nc1ncccc1Br.Nc1ncccc1C1CC1.[CH-]1CC1.[K+]. The quantitative estimate of drug-likeness (QED) is 0.509. The van der Waals surface area contributed by atoms with Gasteiger partial charge in [-0.3, -0.25) is 12.9 Å². The van der Waals surface area contributed by atoms with Gasteiger partial charge < -0.3 is 17.9 Å². The van der Waals surface area contributed by atoms with Crippen molar-refractivity contribution in [1.29, 1.82) is 0 Å². The number of nitrogens with zero attached hydrogens (tertiary/aromatic N) is 2. The summed E-state index contributed by atoms with van der Waals surface area (Å²) in [4.78, 5) is 7.83. The predicted octanol–water partition coefficient (Wildman–Crippen LogP) is 1.84. The second-order valence-electron chi connectivity index (χ2n) is 5.24. The largest absolute Gasteiger partial charge is 1.00 e. The number of rotatable bonds is 1. The third kappa shape index (κ3) is 14.0. The van der Waals surface area contributed by atoms with Crippen LogP contribution in [0.25, 0.3) is 0 Å². The molecule has 4 N–H and O–H groups in total. The molecule has 0 saturated heterocycles. The van der Waals surface area contributed by atoms with Gasteiger partial charge in [-0.25, -0.2) is 22.8 Å². The number of halogens is 4. The first-order valence-corrected chi connectivity index (χ1v) is 8.51. The molecule has 0 aromatic carbocycles. The van der Waals surface area contributed by atoms with Crippen molar-refractivity contribution in [2.24, 2.45) is 0 Å². The summed E-state index contributed by atoms with van der Waals surface area (Å²) in [5.41, 5.74) is 12.3. The van der Waals surface area contributed by atoms with E-state index < -0.39 is 7.54 Å². The van der Waals surface area contributed by atoms with Crippen LogP contribution in [0.15, 0.2) is 41.1 Å². The van der Waals surface area contributed by atoms with Crippen molar-refractivity contribution in [2.45, 2.75) is 31.6 Å². The van der Waals surface area contributed by atoms with Gasteiger partial charge >= 0.3 is 58.9 Å². The maximum absolute atomic E-state index is 9.67. The van der Waals surface area contributed by atoms with Crippen molar-refractivity contribution in [2.75, 3.05) is 11.5 Å². The Hall–Kier alpha value is -0.129. The van der Waals surface area contributed by atoms with Gasteiger partial charge in [-0.15, -0.1) is 0 Å².